The minimum atomic E-state index is -2.53. The average Bonchev–Trinajstić information content (AvgIpc) is 2.70. The summed E-state index contributed by atoms with van der Waals surface area (Å²) in [6.45, 7) is 14.6. The Hall–Kier alpha value is -2.35. The van der Waals surface area contributed by atoms with Gasteiger partial charge in [0.1, 0.15) is 0 Å². The number of esters is 1. The molecule has 0 aromatic heterocycles. The summed E-state index contributed by atoms with van der Waals surface area (Å²) >= 11 is 0. The Balaban J connectivity index is 2.21. The maximum atomic E-state index is 12.0. The molecule has 0 heterocycles. The highest BCUT2D eigenvalue weighted by Crippen LogP contribution is 2.36. The van der Waals surface area contributed by atoms with Gasteiger partial charge in [-0.2, -0.15) is 0 Å². The van der Waals surface area contributed by atoms with Crippen LogP contribution in [-0.2, 0) is 14.0 Å². The normalized spacial score (nSPS) is 13.1. The molecule has 0 amide bonds. The van der Waals surface area contributed by atoms with Gasteiger partial charge in [-0.25, -0.2) is 0 Å². The standard InChI is InChI=1S/C27H36O3Si/c1-22(30-25(28)26(2,3)4)16-14-15-21-29-31(27(5,6)7,23-17-10-8-11-18-23)24-19-12-9-13-20-24/h8-13,17-20,22H,15,21H2,1-7H3. The molecule has 0 bridgehead atoms. The van der Waals surface area contributed by atoms with Crippen LogP contribution in [-0.4, -0.2) is 27.0 Å². The van der Waals surface area contributed by atoms with Crippen molar-refractivity contribution in [1.82, 2.24) is 0 Å². The summed E-state index contributed by atoms with van der Waals surface area (Å²) in [4.78, 5) is 12.0. The van der Waals surface area contributed by atoms with Crippen LogP contribution in [0.15, 0.2) is 60.7 Å². The number of hydrogen-bond acceptors (Lipinski definition) is 3. The van der Waals surface area contributed by atoms with Crippen LogP contribution in [0.2, 0.25) is 5.04 Å². The van der Waals surface area contributed by atoms with E-state index in [4.69, 9.17) is 9.16 Å². The molecule has 31 heavy (non-hydrogen) atoms. The smallest absolute Gasteiger partial charge is 0.312 e. The molecular formula is C27H36O3Si. The summed E-state index contributed by atoms with van der Waals surface area (Å²) in [5, 5.41) is 2.46. The summed E-state index contributed by atoms with van der Waals surface area (Å²) in [6.07, 6.45) is 0.154. The monoisotopic (exact) mass is 436 g/mol. The molecule has 2 aromatic rings. The van der Waals surface area contributed by atoms with E-state index in [9.17, 15) is 4.79 Å². The van der Waals surface area contributed by atoms with Crippen LogP contribution < -0.4 is 10.4 Å². The quantitative estimate of drug-likeness (QED) is 0.279. The van der Waals surface area contributed by atoms with Crippen molar-refractivity contribution in [2.45, 2.75) is 66.0 Å². The first-order chi connectivity index (χ1) is 14.5. The summed E-state index contributed by atoms with van der Waals surface area (Å²) in [5.74, 6) is 5.93. The minimum Gasteiger partial charge on any atom is -0.449 e. The van der Waals surface area contributed by atoms with Crippen molar-refractivity contribution >= 4 is 24.7 Å². The fourth-order valence-corrected chi connectivity index (χ4v) is 8.16. The lowest BCUT2D eigenvalue weighted by Crippen LogP contribution is -2.66. The third kappa shape index (κ3) is 6.32. The van der Waals surface area contributed by atoms with Gasteiger partial charge >= 0.3 is 5.97 Å². The number of benzene rings is 2. The lowest BCUT2D eigenvalue weighted by molar-refractivity contribution is -0.155. The fraction of sp³-hybridized carbons (Fsp3) is 0.444. The highest BCUT2D eigenvalue weighted by molar-refractivity contribution is 6.99. The van der Waals surface area contributed by atoms with Crippen molar-refractivity contribution in [3.05, 3.63) is 60.7 Å². The van der Waals surface area contributed by atoms with Crippen molar-refractivity contribution in [2.75, 3.05) is 6.61 Å². The molecule has 166 valence electrons. The van der Waals surface area contributed by atoms with E-state index in [2.05, 4.69) is 81.1 Å². The van der Waals surface area contributed by atoms with Crippen molar-refractivity contribution in [1.29, 1.82) is 0 Å². The molecule has 2 aromatic carbocycles. The van der Waals surface area contributed by atoms with Crippen molar-refractivity contribution in [3.63, 3.8) is 0 Å². The van der Waals surface area contributed by atoms with E-state index in [1.807, 2.05) is 32.9 Å². The van der Waals surface area contributed by atoms with Crippen LogP contribution in [0.25, 0.3) is 0 Å². The van der Waals surface area contributed by atoms with E-state index >= 15 is 0 Å². The second kappa shape index (κ2) is 10.3. The highest BCUT2D eigenvalue weighted by Gasteiger charge is 2.49. The van der Waals surface area contributed by atoms with E-state index < -0.39 is 19.8 Å². The van der Waals surface area contributed by atoms with Gasteiger partial charge in [-0.15, -0.1) is 0 Å². The van der Waals surface area contributed by atoms with Gasteiger partial charge in [0.2, 0.25) is 0 Å². The molecule has 1 unspecified atom stereocenters. The predicted molar refractivity (Wildman–Crippen MR) is 131 cm³/mol. The Kier molecular flexibility index (Phi) is 8.28. The lowest BCUT2D eigenvalue weighted by atomic mass is 9.97. The second-order valence-corrected chi connectivity index (χ2v) is 14.2. The van der Waals surface area contributed by atoms with Crippen molar-refractivity contribution in [3.8, 4) is 11.8 Å². The molecule has 0 aliphatic rings. The Labute approximate surface area is 189 Å². The Morgan fingerprint density at radius 3 is 1.81 bits per heavy atom. The third-order valence-electron chi connectivity index (χ3n) is 5.16. The molecule has 3 nitrogen and oxygen atoms in total. The molecule has 0 spiro atoms. The van der Waals surface area contributed by atoms with Crippen molar-refractivity contribution < 1.29 is 14.0 Å². The molecular weight excluding hydrogens is 400 g/mol. The van der Waals surface area contributed by atoms with Gasteiger partial charge in [0.05, 0.1) is 5.41 Å². The molecule has 0 saturated carbocycles. The Morgan fingerprint density at radius 1 is 0.903 bits per heavy atom. The maximum Gasteiger partial charge on any atom is 0.312 e. The molecule has 0 saturated heterocycles. The van der Waals surface area contributed by atoms with Crippen LogP contribution in [0.4, 0.5) is 0 Å². The molecule has 0 N–H and O–H groups in total. The first-order valence-corrected chi connectivity index (χ1v) is 12.8. The van der Waals surface area contributed by atoms with Crippen molar-refractivity contribution in [2.24, 2.45) is 5.41 Å². The molecule has 0 fully saturated rings. The first-order valence-electron chi connectivity index (χ1n) is 10.9. The van der Waals surface area contributed by atoms with E-state index in [1.54, 1.807) is 6.92 Å². The summed E-state index contributed by atoms with van der Waals surface area (Å²) in [7, 11) is -2.53. The zero-order valence-corrected chi connectivity index (χ0v) is 21.0. The predicted octanol–water partition coefficient (Wildman–Crippen LogP) is 4.93. The number of rotatable bonds is 6. The van der Waals surface area contributed by atoms with Gasteiger partial charge in [0.15, 0.2) is 6.10 Å². The zero-order chi connectivity index (χ0) is 23.1. The molecule has 2 rings (SSSR count). The molecule has 0 aliphatic heterocycles. The molecule has 0 radical (unpaired) electrons. The van der Waals surface area contributed by atoms with Gasteiger partial charge < -0.3 is 9.16 Å². The summed E-state index contributed by atoms with van der Waals surface area (Å²) in [5.41, 5.74) is -0.525. The van der Waals surface area contributed by atoms with E-state index in [0.29, 0.717) is 13.0 Å². The van der Waals surface area contributed by atoms with Crippen LogP contribution in [0.1, 0.15) is 54.9 Å². The van der Waals surface area contributed by atoms with Crippen LogP contribution in [0, 0.1) is 17.3 Å². The van der Waals surface area contributed by atoms with Gasteiger partial charge in [0.25, 0.3) is 8.32 Å². The Morgan fingerprint density at radius 2 is 1.39 bits per heavy atom. The number of ether oxygens (including phenoxy) is 1. The Bertz CT molecular complexity index is 857. The topological polar surface area (TPSA) is 35.5 Å². The van der Waals surface area contributed by atoms with Crippen LogP contribution >= 0.6 is 0 Å². The summed E-state index contributed by atoms with van der Waals surface area (Å²) in [6, 6.07) is 21.2. The number of carbonyl (C=O) groups is 1. The van der Waals surface area contributed by atoms with Gasteiger partial charge in [0, 0.05) is 13.0 Å². The van der Waals surface area contributed by atoms with Gasteiger partial charge in [-0.05, 0) is 43.1 Å². The third-order valence-corrected chi connectivity index (χ3v) is 10.2. The number of carbonyl (C=O) groups excluding carboxylic acids is 1. The van der Waals surface area contributed by atoms with E-state index in [0.717, 1.165) is 0 Å². The largest absolute Gasteiger partial charge is 0.449 e. The molecule has 0 aliphatic carbocycles. The van der Waals surface area contributed by atoms with Crippen LogP contribution in [0.3, 0.4) is 0 Å². The zero-order valence-electron chi connectivity index (χ0n) is 20.0. The fourth-order valence-electron chi connectivity index (χ4n) is 3.60. The minimum absolute atomic E-state index is 0.0569. The van der Waals surface area contributed by atoms with Gasteiger partial charge in [-0.1, -0.05) is 93.3 Å². The lowest BCUT2D eigenvalue weighted by Gasteiger charge is -2.43. The first kappa shape index (κ1) is 24.9. The van der Waals surface area contributed by atoms with Crippen LogP contribution in [0.5, 0.6) is 0 Å². The molecule has 4 heteroatoms. The van der Waals surface area contributed by atoms with Gasteiger partial charge in [-0.3, -0.25) is 4.79 Å². The second-order valence-electron chi connectivity index (χ2n) is 9.88. The molecule has 1 atom stereocenters. The SMILES string of the molecule is CC(C#CCCO[Si](c1ccccc1)(c1ccccc1)C(C)(C)C)OC(=O)C(C)(C)C. The highest BCUT2D eigenvalue weighted by atomic mass is 28.4. The summed E-state index contributed by atoms with van der Waals surface area (Å²) < 4.78 is 12.2. The average molecular weight is 437 g/mol. The van der Waals surface area contributed by atoms with E-state index in [1.165, 1.54) is 10.4 Å². The number of hydrogen-bond donors (Lipinski definition) is 0. The maximum absolute atomic E-state index is 12.0. The van der Waals surface area contributed by atoms with E-state index in [-0.39, 0.29) is 11.0 Å².